The number of phenols is 2. The van der Waals surface area contributed by atoms with Crippen molar-refractivity contribution in [3.8, 4) is 11.5 Å². The molecule has 2 rings (SSSR count). The zero-order chi connectivity index (χ0) is 14.7. The lowest BCUT2D eigenvalue weighted by atomic mass is 10.2. The number of esters is 1. The molecule has 0 saturated carbocycles. The lowest BCUT2D eigenvalue weighted by molar-refractivity contribution is -0.130. The summed E-state index contributed by atoms with van der Waals surface area (Å²) in [6.45, 7) is -0.0243. The minimum atomic E-state index is -0.921. The second-order valence-corrected chi connectivity index (χ2v) is 4.05. The molecule has 1 aliphatic heterocycles. The minimum absolute atomic E-state index is 0.179. The third-order valence-corrected chi connectivity index (χ3v) is 2.69. The van der Waals surface area contributed by atoms with E-state index in [9.17, 15) is 19.5 Å². The number of carbonyl (C=O) groups is 3. The van der Waals surface area contributed by atoms with Gasteiger partial charge in [0.15, 0.2) is 6.61 Å². The number of benzene rings is 1. The maximum atomic E-state index is 11.6. The van der Waals surface area contributed by atoms with Gasteiger partial charge in [0.05, 0.1) is 0 Å². The van der Waals surface area contributed by atoms with Crippen LogP contribution in [0.4, 0.5) is 4.79 Å². The summed E-state index contributed by atoms with van der Waals surface area (Å²) in [7, 11) is 0. The molecular weight excluding hydrogens is 268 g/mol. The fourth-order valence-electron chi connectivity index (χ4n) is 1.69. The van der Waals surface area contributed by atoms with Crippen molar-refractivity contribution >= 4 is 17.9 Å². The number of nitrogens with zero attached hydrogens (tertiary/aromatic N) is 1. The zero-order valence-corrected chi connectivity index (χ0v) is 10.3. The Morgan fingerprint density at radius 2 is 2.10 bits per heavy atom. The number of aromatic hydroxyl groups is 2. The van der Waals surface area contributed by atoms with E-state index >= 15 is 0 Å². The van der Waals surface area contributed by atoms with Gasteiger partial charge in [0.25, 0.3) is 5.91 Å². The molecule has 8 heteroatoms. The molecule has 20 heavy (non-hydrogen) atoms. The third-order valence-electron chi connectivity index (χ3n) is 2.69. The van der Waals surface area contributed by atoms with Gasteiger partial charge in [-0.15, -0.1) is 0 Å². The molecule has 1 saturated heterocycles. The minimum Gasteiger partial charge on any atom is -0.508 e. The van der Waals surface area contributed by atoms with E-state index in [4.69, 9.17) is 9.84 Å². The quantitative estimate of drug-likeness (QED) is 0.661. The number of nitrogens with one attached hydrogen (secondary N) is 1. The van der Waals surface area contributed by atoms with Crippen LogP contribution in [0.15, 0.2) is 18.2 Å². The van der Waals surface area contributed by atoms with Crippen LogP contribution in [0.2, 0.25) is 0 Å². The van der Waals surface area contributed by atoms with E-state index in [1.165, 1.54) is 12.1 Å². The highest BCUT2D eigenvalue weighted by Gasteiger charge is 2.27. The Morgan fingerprint density at radius 1 is 1.35 bits per heavy atom. The summed E-state index contributed by atoms with van der Waals surface area (Å²) in [4.78, 5) is 35.4. The van der Waals surface area contributed by atoms with Crippen molar-refractivity contribution in [1.82, 2.24) is 10.2 Å². The van der Waals surface area contributed by atoms with E-state index in [0.717, 1.165) is 11.0 Å². The van der Waals surface area contributed by atoms with Gasteiger partial charge in [-0.3, -0.25) is 9.69 Å². The zero-order valence-electron chi connectivity index (χ0n) is 10.3. The number of carbonyl (C=O) groups excluding carboxylic acids is 3. The molecule has 3 amide bonds. The van der Waals surface area contributed by atoms with Gasteiger partial charge in [-0.25, -0.2) is 9.59 Å². The van der Waals surface area contributed by atoms with Gasteiger partial charge in [0.1, 0.15) is 17.1 Å². The lowest BCUT2D eigenvalue weighted by Gasteiger charge is -2.12. The molecule has 0 unspecified atom stereocenters. The van der Waals surface area contributed by atoms with Crippen molar-refractivity contribution in [2.75, 3.05) is 19.7 Å². The number of hydrogen-bond acceptors (Lipinski definition) is 6. The fourth-order valence-corrected chi connectivity index (χ4v) is 1.69. The molecule has 0 atom stereocenters. The number of hydrogen-bond donors (Lipinski definition) is 3. The predicted octanol–water partition coefficient (Wildman–Crippen LogP) is -0.194. The van der Waals surface area contributed by atoms with Crippen molar-refractivity contribution in [1.29, 1.82) is 0 Å². The molecule has 0 aliphatic carbocycles. The summed E-state index contributed by atoms with van der Waals surface area (Å²) in [5.41, 5.74) is -0.179. The molecule has 1 heterocycles. The number of urea groups is 1. The van der Waals surface area contributed by atoms with Gasteiger partial charge in [-0.05, 0) is 12.1 Å². The topological polar surface area (TPSA) is 116 Å². The molecule has 1 aromatic carbocycles. The molecule has 106 valence electrons. The molecule has 8 nitrogen and oxygen atoms in total. The van der Waals surface area contributed by atoms with E-state index in [1.807, 2.05) is 0 Å². The first kappa shape index (κ1) is 13.7. The Labute approximate surface area is 113 Å². The normalized spacial score (nSPS) is 14.0. The van der Waals surface area contributed by atoms with Gasteiger partial charge < -0.3 is 20.3 Å². The Balaban J connectivity index is 1.95. The highest BCUT2D eigenvalue weighted by atomic mass is 16.5. The van der Waals surface area contributed by atoms with Crippen molar-refractivity contribution in [3.05, 3.63) is 23.8 Å². The lowest BCUT2D eigenvalue weighted by Crippen LogP contribution is -2.37. The van der Waals surface area contributed by atoms with Crippen molar-refractivity contribution in [3.63, 3.8) is 0 Å². The number of amides is 3. The SMILES string of the molecule is O=C(OCC(=O)N1CCNC1=O)c1ccc(O)cc1O. The first-order valence-electron chi connectivity index (χ1n) is 5.76. The van der Waals surface area contributed by atoms with Crippen LogP contribution in [0.5, 0.6) is 11.5 Å². The van der Waals surface area contributed by atoms with Crippen LogP contribution >= 0.6 is 0 Å². The van der Waals surface area contributed by atoms with Crippen LogP contribution in [0.3, 0.4) is 0 Å². The molecule has 0 spiro atoms. The summed E-state index contributed by atoms with van der Waals surface area (Å²) < 4.78 is 4.72. The van der Waals surface area contributed by atoms with Gasteiger partial charge in [0, 0.05) is 19.2 Å². The average molecular weight is 280 g/mol. The van der Waals surface area contributed by atoms with Gasteiger partial charge in [-0.2, -0.15) is 0 Å². The molecule has 1 aliphatic rings. The Kier molecular flexibility index (Phi) is 3.74. The van der Waals surface area contributed by atoms with Gasteiger partial charge in [-0.1, -0.05) is 0 Å². The Hall–Kier alpha value is -2.77. The largest absolute Gasteiger partial charge is 0.508 e. The van der Waals surface area contributed by atoms with Crippen molar-refractivity contribution in [2.45, 2.75) is 0 Å². The van der Waals surface area contributed by atoms with E-state index in [0.29, 0.717) is 6.54 Å². The van der Waals surface area contributed by atoms with Crippen LogP contribution in [0.25, 0.3) is 0 Å². The first-order valence-corrected chi connectivity index (χ1v) is 5.76. The monoisotopic (exact) mass is 280 g/mol. The van der Waals surface area contributed by atoms with Gasteiger partial charge >= 0.3 is 12.0 Å². The highest BCUT2D eigenvalue weighted by Crippen LogP contribution is 2.23. The maximum absolute atomic E-state index is 11.6. The summed E-state index contributed by atoms with van der Waals surface area (Å²) in [6, 6.07) is 2.82. The Morgan fingerprint density at radius 3 is 2.70 bits per heavy atom. The first-order chi connectivity index (χ1) is 9.49. The van der Waals surface area contributed by atoms with Crippen LogP contribution in [0.1, 0.15) is 10.4 Å². The van der Waals surface area contributed by atoms with Crippen molar-refractivity contribution < 1.29 is 29.3 Å². The predicted molar refractivity (Wildman–Crippen MR) is 65.2 cm³/mol. The summed E-state index contributed by atoms with van der Waals surface area (Å²) in [5.74, 6) is -2.23. The molecule has 0 radical (unpaired) electrons. The second-order valence-electron chi connectivity index (χ2n) is 4.05. The highest BCUT2D eigenvalue weighted by molar-refractivity contribution is 5.98. The third kappa shape index (κ3) is 2.79. The van der Waals surface area contributed by atoms with Crippen LogP contribution in [-0.2, 0) is 9.53 Å². The van der Waals surface area contributed by atoms with E-state index in [2.05, 4.69) is 5.32 Å². The van der Waals surface area contributed by atoms with E-state index in [1.54, 1.807) is 0 Å². The van der Waals surface area contributed by atoms with Crippen LogP contribution < -0.4 is 5.32 Å². The van der Waals surface area contributed by atoms with Crippen LogP contribution in [-0.4, -0.2) is 52.7 Å². The summed E-state index contributed by atoms with van der Waals surface area (Å²) in [6.07, 6.45) is 0. The van der Waals surface area contributed by atoms with E-state index in [-0.39, 0.29) is 17.9 Å². The molecule has 3 N–H and O–H groups in total. The molecule has 1 aromatic rings. The number of rotatable bonds is 3. The molecule has 1 fully saturated rings. The molecular formula is C12H12N2O6. The van der Waals surface area contributed by atoms with E-state index < -0.39 is 30.3 Å². The van der Waals surface area contributed by atoms with Crippen LogP contribution in [0, 0.1) is 0 Å². The smallest absolute Gasteiger partial charge is 0.342 e. The number of ether oxygens (including phenoxy) is 1. The van der Waals surface area contributed by atoms with Crippen molar-refractivity contribution in [2.24, 2.45) is 0 Å². The standard InChI is InChI=1S/C12H12N2O6/c15-7-1-2-8(9(16)5-7)11(18)20-6-10(17)14-4-3-13-12(14)19/h1-2,5,15-16H,3-4,6H2,(H,13,19). The molecule has 0 bridgehead atoms. The summed E-state index contributed by atoms with van der Waals surface area (Å²) in [5, 5.41) is 21.0. The number of imide groups is 1. The average Bonchev–Trinajstić information content (AvgIpc) is 2.82. The fraction of sp³-hybridized carbons (Fsp3) is 0.250. The summed E-state index contributed by atoms with van der Waals surface area (Å²) >= 11 is 0. The van der Waals surface area contributed by atoms with Gasteiger partial charge in [0.2, 0.25) is 0 Å². The maximum Gasteiger partial charge on any atom is 0.342 e. The Bertz CT molecular complexity index is 571. The number of phenolic OH excluding ortho intramolecular Hbond substituents is 2. The molecule has 0 aromatic heterocycles. The second kappa shape index (κ2) is 5.47.